The number of rotatable bonds is 7. The van der Waals surface area contributed by atoms with Crippen LogP contribution in [0.3, 0.4) is 0 Å². The summed E-state index contributed by atoms with van der Waals surface area (Å²) < 4.78 is 5.83. The minimum absolute atomic E-state index is 0.302. The van der Waals surface area contributed by atoms with Gasteiger partial charge >= 0.3 is 0 Å². The van der Waals surface area contributed by atoms with Crippen molar-refractivity contribution in [1.82, 2.24) is 24.9 Å². The van der Waals surface area contributed by atoms with Gasteiger partial charge in [0, 0.05) is 38.6 Å². The number of ether oxygens (including phenoxy) is 1. The Hall–Kier alpha value is -2.57. The van der Waals surface area contributed by atoms with Gasteiger partial charge < -0.3 is 4.74 Å². The summed E-state index contributed by atoms with van der Waals surface area (Å²) in [7, 11) is 0. The molecule has 0 N–H and O–H groups in total. The summed E-state index contributed by atoms with van der Waals surface area (Å²) in [5.74, 6) is 0. The molecule has 1 saturated heterocycles. The van der Waals surface area contributed by atoms with Gasteiger partial charge in [-0.1, -0.05) is 24.3 Å². The molecule has 4 rings (SSSR count). The van der Waals surface area contributed by atoms with E-state index in [2.05, 4.69) is 26.1 Å². The predicted molar refractivity (Wildman–Crippen MR) is 98.7 cm³/mol. The number of aromatic nitrogens is 4. The van der Waals surface area contributed by atoms with Crippen molar-refractivity contribution in [3.8, 4) is 5.69 Å². The molecule has 1 fully saturated rings. The molecule has 0 saturated carbocycles. The molecule has 2 aromatic heterocycles. The predicted octanol–water partition coefficient (Wildman–Crippen LogP) is 2.84. The third-order valence-corrected chi connectivity index (χ3v) is 4.53. The van der Waals surface area contributed by atoms with Crippen LogP contribution in [0.1, 0.15) is 24.1 Å². The standard InChI is InChI=1S/C20H23N5O/c1-2-7-19(8-3-1)25-22-13-18(23-25)15-24(16-20-9-5-11-26-20)14-17-6-4-10-21-12-17/h1-4,6-8,10,12-13,20H,5,9,11,14-16H2/t20-/m1/s1. The second kappa shape index (κ2) is 8.21. The van der Waals surface area contributed by atoms with E-state index >= 15 is 0 Å². The highest BCUT2D eigenvalue weighted by Gasteiger charge is 2.20. The molecule has 0 unspecified atom stereocenters. The summed E-state index contributed by atoms with van der Waals surface area (Å²) in [5, 5.41) is 9.06. The van der Waals surface area contributed by atoms with Crippen molar-refractivity contribution in [2.45, 2.75) is 32.0 Å². The van der Waals surface area contributed by atoms with Crippen molar-refractivity contribution in [2.75, 3.05) is 13.2 Å². The third-order valence-electron chi connectivity index (χ3n) is 4.53. The smallest absolute Gasteiger partial charge is 0.0971 e. The zero-order chi connectivity index (χ0) is 17.6. The number of nitrogens with zero attached hydrogens (tertiary/aromatic N) is 5. The Morgan fingerprint density at radius 2 is 2.00 bits per heavy atom. The van der Waals surface area contributed by atoms with Crippen molar-refractivity contribution in [2.24, 2.45) is 0 Å². The van der Waals surface area contributed by atoms with Gasteiger partial charge in [0.15, 0.2) is 0 Å². The lowest BCUT2D eigenvalue weighted by Crippen LogP contribution is -2.31. The molecule has 6 heteroatoms. The van der Waals surface area contributed by atoms with E-state index in [0.717, 1.165) is 50.5 Å². The first-order valence-electron chi connectivity index (χ1n) is 9.06. The number of para-hydroxylation sites is 1. The van der Waals surface area contributed by atoms with Crippen LogP contribution in [0.2, 0.25) is 0 Å². The molecule has 1 aliphatic rings. The number of pyridine rings is 1. The molecule has 0 spiro atoms. The number of hydrogen-bond donors (Lipinski definition) is 0. The van der Waals surface area contributed by atoms with Crippen LogP contribution in [0.25, 0.3) is 5.69 Å². The van der Waals surface area contributed by atoms with E-state index in [-0.39, 0.29) is 0 Å². The van der Waals surface area contributed by atoms with Gasteiger partial charge in [0.2, 0.25) is 0 Å². The maximum Gasteiger partial charge on any atom is 0.0971 e. The first-order valence-corrected chi connectivity index (χ1v) is 9.06. The quantitative estimate of drug-likeness (QED) is 0.656. The number of hydrogen-bond acceptors (Lipinski definition) is 5. The van der Waals surface area contributed by atoms with Crippen LogP contribution in [0, 0.1) is 0 Å². The molecule has 0 bridgehead atoms. The average molecular weight is 349 g/mol. The lowest BCUT2D eigenvalue weighted by Gasteiger charge is -2.24. The molecule has 1 aliphatic heterocycles. The van der Waals surface area contributed by atoms with E-state index in [1.807, 2.05) is 48.8 Å². The Balaban J connectivity index is 1.47. The summed E-state index contributed by atoms with van der Waals surface area (Å²) in [5.41, 5.74) is 3.12. The molecule has 26 heavy (non-hydrogen) atoms. The van der Waals surface area contributed by atoms with Crippen molar-refractivity contribution >= 4 is 0 Å². The van der Waals surface area contributed by atoms with Crippen molar-refractivity contribution < 1.29 is 4.74 Å². The average Bonchev–Trinajstić information content (AvgIpc) is 3.35. The maximum absolute atomic E-state index is 5.83. The molecule has 0 radical (unpaired) electrons. The fourth-order valence-corrected chi connectivity index (χ4v) is 3.29. The monoisotopic (exact) mass is 349 g/mol. The van der Waals surface area contributed by atoms with Crippen LogP contribution in [-0.2, 0) is 17.8 Å². The first-order chi connectivity index (χ1) is 12.9. The van der Waals surface area contributed by atoms with Gasteiger partial charge in [-0.2, -0.15) is 15.0 Å². The molecule has 0 aliphatic carbocycles. The Kier molecular flexibility index (Phi) is 5.33. The zero-order valence-corrected chi connectivity index (χ0v) is 14.7. The highest BCUT2D eigenvalue weighted by Crippen LogP contribution is 2.16. The summed E-state index contributed by atoms with van der Waals surface area (Å²) in [6.07, 6.45) is 8.15. The molecule has 3 aromatic rings. The van der Waals surface area contributed by atoms with Crippen LogP contribution in [0.15, 0.2) is 61.1 Å². The van der Waals surface area contributed by atoms with E-state index in [1.54, 1.807) is 11.0 Å². The van der Waals surface area contributed by atoms with E-state index < -0.39 is 0 Å². The van der Waals surface area contributed by atoms with Crippen LogP contribution in [0.4, 0.5) is 0 Å². The van der Waals surface area contributed by atoms with Crippen LogP contribution < -0.4 is 0 Å². The normalized spacial score (nSPS) is 17.0. The zero-order valence-electron chi connectivity index (χ0n) is 14.7. The van der Waals surface area contributed by atoms with Crippen LogP contribution in [0.5, 0.6) is 0 Å². The SMILES string of the molecule is c1ccc(-n2ncc(CN(Cc3cccnc3)C[C@H]3CCCO3)n2)cc1. The van der Waals surface area contributed by atoms with Gasteiger partial charge in [-0.05, 0) is 36.6 Å². The van der Waals surface area contributed by atoms with Gasteiger partial charge in [-0.25, -0.2) is 0 Å². The third kappa shape index (κ3) is 4.33. The van der Waals surface area contributed by atoms with Gasteiger partial charge in [-0.15, -0.1) is 0 Å². The van der Waals surface area contributed by atoms with Gasteiger partial charge in [-0.3, -0.25) is 9.88 Å². The molecule has 0 amide bonds. The Bertz CT molecular complexity index is 799. The lowest BCUT2D eigenvalue weighted by atomic mass is 10.2. The molecule has 6 nitrogen and oxygen atoms in total. The van der Waals surface area contributed by atoms with E-state index in [1.165, 1.54) is 5.56 Å². The Morgan fingerprint density at radius 1 is 1.08 bits per heavy atom. The minimum Gasteiger partial charge on any atom is -0.377 e. The van der Waals surface area contributed by atoms with Gasteiger partial charge in [0.25, 0.3) is 0 Å². The van der Waals surface area contributed by atoms with Crippen molar-refractivity contribution in [3.63, 3.8) is 0 Å². The molecule has 3 heterocycles. The van der Waals surface area contributed by atoms with Gasteiger partial charge in [0.1, 0.15) is 0 Å². The van der Waals surface area contributed by atoms with Crippen molar-refractivity contribution in [3.05, 3.63) is 72.3 Å². The summed E-state index contributed by atoms with van der Waals surface area (Å²) in [6.45, 7) is 3.33. The minimum atomic E-state index is 0.302. The molecular formula is C20H23N5O. The second-order valence-electron chi connectivity index (χ2n) is 6.63. The van der Waals surface area contributed by atoms with E-state index in [9.17, 15) is 0 Å². The largest absolute Gasteiger partial charge is 0.377 e. The highest BCUT2D eigenvalue weighted by molar-refractivity contribution is 5.28. The Morgan fingerprint density at radius 3 is 2.77 bits per heavy atom. The van der Waals surface area contributed by atoms with Crippen LogP contribution >= 0.6 is 0 Å². The first kappa shape index (κ1) is 16.9. The van der Waals surface area contributed by atoms with E-state index in [4.69, 9.17) is 4.74 Å². The van der Waals surface area contributed by atoms with Crippen molar-refractivity contribution in [1.29, 1.82) is 0 Å². The number of benzene rings is 1. The second-order valence-corrected chi connectivity index (χ2v) is 6.63. The van der Waals surface area contributed by atoms with E-state index in [0.29, 0.717) is 6.10 Å². The topological polar surface area (TPSA) is 56.1 Å². The summed E-state index contributed by atoms with van der Waals surface area (Å²) >= 11 is 0. The maximum atomic E-state index is 5.83. The van der Waals surface area contributed by atoms with Crippen LogP contribution in [-0.4, -0.2) is 44.1 Å². The fraction of sp³-hybridized carbons (Fsp3) is 0.350. The molecular weight excluding hydrogens is 326 g/mol. The molecule has 1 aromatic carbocycles. The highest BCUT2D eigenvalue weighted by atomic mass is 16.5. The molecule has 1 atom stereocenters. The summed E-state index contributed by atoms with van der Waals surface area (Å²) in [6, 6.07) is 14.1. The summed E-state index contributed by atoms with van der Waals surface area (Å²) in [4.78, 5) is 8.28. The molecule has 134 valence electrons. The lowest BCUT2D eigenvalue weighted by molar-refractivity contribution is 0.0674. The van der Waals surface area contributed by atoms with Gasteiger partial charge in [0.05, 0.1) is 23.7 Å². The fourth-order valence-electron chi connectivity index (χ4n) is 3.29. The Labute approximate surface area is 153 Å².